The van der Waals surface area contributed by atoms with Gasteiger partial charge in [0, 0.05) is 12.8 Å². The Morgan fingerprint density at radius 3 is 1.29 bits per heavy atom. The van der Waals surface area contributed by atoms with Crippen LogP contribution >= 0.6 is 0 Å². The van der Waals surface area contributed by atoms with Crippen LogP contribution in [0.4, 0.5) is 0 Å². The summed E-state index contributed by atoms with van der Waals surface area (Å²) in [5, 5.41) is 23.5. The van der Waals surface area contributed by atoms with Crippen LogP contribution in [0, 0.1) is 5.92 Å². The third kappa shape index (κ3) is 28.9. The minimum atomic E-state index is -1.41. The molecule has 52 heavy (non-hydrogen) atoms. The van der Waals surface area contributed by atoms with E-state index in [2.05, 4.69) is 24.5 Å². The number of carbonyl (C=O) groups is 5. The molecule has 10 heteroatoms. The number of unbranched alkanes of at least 4 members (excludes halogenated alkanes) is 23. The number of hydrogen-bond acceptors (Lipinski definition) is 6. The van der Waals surface area contributed by atoms with E-state index in [0.29, 0.717) is 19.3 Å². The van der Waals surface area contributed by atoms with Crippen molar-refractivity contribution < 1.29 is 38.9 Å². The van der Waals surface area contributed by atoms with Gasteiger partial charge in [0.1, 0.15) is 12.1 Å². The molecule has 0 fully saturated rings. The van der Waals surface area contributed by atoms with Crippen molar-refractivity contribution in [1.29, 1.82) is 0 Å². The molecule has 0 aliphatic carbocycles. The zero-order valence-corrected chi connectivity index (χ0v) is 33.7. The molecule has 0 aromatic heterocycles. The van der Waals surface area contributed by atoms with Crippen molar-refractivity contribution in [3.05, 3.63) is 0 Å². The van der Waals surface area contributed by atoms with Crippen LogP contribution in [0.5, 0.6) is 0 Å². The molecule has 3 atom stereocenters. The zero-order chi connectivity index (χ0) is 38.8. The number of aliphatic carboxylic acids is 2. The number of nitrogens with one attached hydrogen (secondary N) is 2. The summed E-state index contributed by atoms with van der Waals surface area (Å²) >= 11 is 0. The van der Waals surface area contributed by atoms with E-state index >= 15 is 0 Å². The standard InChI is InChI=1S/C42H78N2O8/c1-5-7-9-11-13-15-17-19-21-23-25-27-29-31-38(47)52-36(30-28-26-24-22-20-18-16-14-12-10-8-6-2)40(48)44-39(34(3)4)41(49)43-35(42(50)51)32-33-37(45)46/h34-36,39H,5-33H2,1-4H3,(H,43,49)(H,44,48)(H,45,46)(H,50,51)/t35-,36?,39-/m1/s1. The fourth-order valence-corrected chi connectivity index (χ4v) is 6.49. The summed E-state index contributed by atoms with van der Waals surface area (Å²) in [5.41, 5.74) is 0. The minimum absolute atomic E-state index is 0.234. The van der Waals surface area contributed by atoms with Gasteiger partial charge in [-0.1, -0.05) is 175 Å². The number of rotatable bonds is 37. The Morgan fingerprint density at radius 2 is 0.904 bits per heavy atom. The number of carbonyl (C=O) groups excluding carboxylic acids is 3. The highest BCUT2D eigenvalue weighted by molar-refractivity contribution is 5.92. The third-order valence-corrected chi connectivity index (χ3v) is 9.88. The first-order valence-corrected chi connectivity index (χ1v) is 21.3. The van der Waals surface area contributed by atoms with Gasteiger partial charge in [-0.05, 0) is 31.6 Å². The summed E-state index contributed by atoms with van der Waals surface area (Å²) in [5.74, 6) is -4.64. The van der Waals surface area contributed by atoms with Gasteiger partial charge < -0.3 is 25.6 Å². The molecule has 0 heterocycles. The number of esters is 1. The van der Waals surface area contributed by atoms with Crippen molar-refractivity contribution in [3.8, 4) is 0 Å². The lowest BCUT2D eigenvalue weighted by Gasteiger charge is -2.26. The van der Waals surface area contributed by atoms with Crippen LogP contribution in [-0.4, -0.2) is 58.1 Å². The number of ether oxygens (including phenoxy) is 1. The lowest BCUT2D eigenvalue weighted by atomic mass is 10.0. The van der Waals surface area contributed by atoms with Crippen LogP contribution in [0.3, 0.4) is 0 Å². The summed E-state index contributed by atoms with van der Waals surface area (Å²) < 4.78 is 5.72. The summed E-state index contributed by atoms with van der Waals surface area (Å²) in [4.78, 5) is 62.1. The molecule has 0 aromatic rings. The van der Waals surface area contributed by atoms with Crippen molar-refractivity contribution in [1.82, 2.24) is 10.6 Å². The van der Waals surface area contributed by atoms with Gasteiger partial charge in [0.15, 0.2) is 6.10 Å². The summed E-state index contributed by atoms with van der Waals surface area (Å²) in [7, 11) is 0. The molecule has 0 saturated heterocycles. The molecular formula is C42H78N2O8. The van der Waals surface area contributed by atoms with Crippen molar-refractivity contribution in [3.63, 3.8) is 0 Å². The summed E-state index contributed by atoms with van der Waals surface area (Å²) in [6, 6.07) is -2.49. The lowest BCUT2D eigenvalue weighted by molar-refractivity contribution is -0.157. The molecule has 2 amide bonds. The van der Waals surface area contributed by atoms with Crippen molar-refractivity contribution in [2.24, 2.45) is 5.92 Å². The van der Waals surface area contributed by atoms with Crippen LogP contribution in [-0.2, 0) is 28.7 Å². The fourth-order valence-electron chi connectivity index (χ4n) is 6.49. The second-order valence-corrected chi connectivity index (χ2v) is 15.2. The molecule has 0 saturated carbocycles. The summed E-state index contributed by atoms with van der Waals surface area (Å²) in [6.45, 7) is 7.91. The van der Waals surface area contributed by atoms with E-state index in [1.54, 1.807) is 13.8 Å². The van der Waals surface area contributed by atoms with Gasteiger partial charge in [-0.3, -0.25) is 19.2 Å². The molecule has 10 nitrogen and oxygen atoms in total. The van der Waals surface area contributed by atoms with E-state index in [-0.39, 0.29) is 12.8 Å². The molecule has 4 N–H and O–H groups in total. The van der Waals surface area contributed by atoms with Crippen LogP contribution in [0.25, 0.3) is 0 Å². The first kappa shape index (κ1) is 49.4. The Kier molecular flexibility index (Phi) is 32.4. The molecule has 304 valence electrons. The van der Waals surface area contributed by atoms with E-state index in [0.717, 1.165) is 38.5 Å². The fraction of sp³-hybridized carbons (Fsp3) is 0.881. The molecule has 1 unspecified atom stereocenters. The first-order chi connectivity index (χ1) is 25.0. The predicted octanol–water partition coefficient (Wildman–Crippen LogP) is 10.0. The first-order valence-electron chi connectivity index (χ1n) is 21.3. The van der Waals surface area contributed by atoms with Gasteiger partial charge in [-0.25, -0.2) is 4.79 Å². The van der Waals surface area contributed by atoms with Crippen molar-refractivity contribution in [2.75, 3.05) is 0 Å². The topological polar surface area (TPSA) is 159 Å². The maximum absolute atomic E-state index is 13.5. The predicted molar refractivity (Wildman–Crippen MR) is 209 cm³/mol. The number of hydrogen-bond donors (Lipinski definition) is 4. The highest BCUT2D eigenvalue weighted by Gasteiger charge is 2.32. The largest absolute Gasteiger partial charge is 0.481 e. The van der Waals surface area contributed by atoms with Crippen molar-refractivity contribution >= 4 is 29.7 Å². The Morgan fingerprint density at radius 1 is 0.500 bits per heavy atom. The molecule has 0 spiro atoms. The van der Waals surface area contributed by atoms with E-state index in [1.807, 2.05) is 0 Å². The summed E-state index contributed by atoms with van der Waals surface area (Å²) in [6.07, 6.45) is 28.5. The highest BCUT2D eigenvalue weighted by Crippen LogP contribution is 2.17. The molecule has 0 aliphatic rings. The molecule has 0 rings (SSSR count). The van der Waals surface area contributed by atoms with E-state index in [4.69, 9.17) is 9.84 Å². The smallest absolute Gasteiger partial charge is 0.326 e. The van der Waals surface area contributed by atoms with Crippen LogP contribution < -0.4 is 10.6 Å². The van der Waals surface area contributed by atoms with Crippen LogP contribution in [0.2, 0.25) is 0 Å². The molecule has 0 aromatic carbocycles. The minimum Gasteiger partial charge on any atom is -0.481 e. The second-order valence-electron chi connectivity index (χ2n) is 15.2. The maximum atomic E-state index is 13.5. The SMILES string of the molecule is CCCCCCCCCCCCCCCC(=O)OC(CCCCCCCCCCCCCC)C(=O)N[C@@H](C(=O)N[C@H](CCC(=O)O)C(=O)O)C(C)C. The average molecular weight is 739 g/mol. The maximum Gasteiger partial charge on any atom is 0.326 e. The Labute approximate surface area is 316 Å². The Balaban J connectivity index is 4.93. The quantitative estimate of drug-likeness (QED) is 0.0362. The average Bonchev–Trinajstić information content (AvgIpc) is 3.10. The van der Waals surface area contributed by atoms with Gasteiger partial charge in [0.05, 0.1) is 0 Å². The monoisotopic (exact) mass is 739 g/mol. The molecular weight excluding hydrogens is 660 g/mol. The Hall–Kier alpha value is -2.65. The van der Waals surface area contributed by atoms with Gasteiger partial charge in [0.25, 0.3) is 5.91 Å². The van der Waals surface area contributed by atoms with Crippen LogP contribution in [0.15, 0.2) is 0 Å². The van der Waals surface area contributed by atoms with E-state index < -0.39 is 60.2 Å². The van der Waals surface area contributed by atoms with Gasteiger partial charge in [-0.15, -0.1) is 0 Å². The number of carboxylic acids is 2. The lowest BCUT2D eigenvalue weighted by Crippen LogP contribution is -2.55. The number of amides is 2. The molecule has 0 aliphatic heterocycles. The van der Waals surface area contributed by atoms with Crippen LogP contribution in [0.1, 0.15) is 214 Å². The van der Waals surface area contributed by atoms with E-state index in [1.165, 1.54) is 109 Å². The van der Waals surface area contributed by atoms with Gasteiger partial charge >= 0.3 is 17.9 Å². The molecule has 0 bridgehead atoms. The zero-order valence-electron chi connectivity index (χ0n) is 33.7. The molecule has 0 radical (unpaired) electrons. The van der Waals surface area contributed by atoms with Gasteiger partial charge in [-0.2, -0.15) is 0 Å². The van der Waals surface area contributed by atoms with Crippen molar-refractivity contribution in [2.45, 2.75) is 232 Å². The second kappa shape index (κ2) is 34.1. The Bertz CT molecular complexity index is 941. The van der Waals surface area contributed by atoms with E-state index in [9.17, 15) is 29.1 Å². The highest BCUT2D eigenvalue weighted by atomic mass is 16.5. The number of carboxylic acid groups (broad SMARTS) is 2. The van der Waals surface area contributed by atoms with Gasteiger partial charge in [0.2, 0.25) is 5.91 Å². The third-order valence-electron chi connectivity index (χ3n) is 9.88. The normalized spacial score (nSPS) is 13.0.